The molecule has 3 aromatic rings. The zero-order valence-corrected chi connectivity index (χ0v) is 32.7. The summed E-state index contributed by atoms with van der Waals surface area (Å²) in [6.45, 7) is 0. The number of carbonyl (C=O) groups is 2. The second-order valence-corrected chi connectivity index (χ2v) is 17.0. The maximum absolute atomic E-state index is 12.9. The van der Waals surface area contributed by atoms with E-state index < -0.39 is 73.0 Å². The zero-order chi connectivity index (χ0) is 39.7. The van der Waals surface area contributed by atoms with Gasteiger partial charge in [0.2, 0.25) is 23.1 Å². The van der Waals surface area contributed by atoms with Gasteiger partial charge in [0.05, 0.1) is 27.6 Å². The quantitative estimate of drug-likeness (QED) is 0.0671. The summed E-state index contributed by atoms with van der Waals surface area (Å²) in [4.78, 5) is 34.3. The minimum atomic E-state index is -5.03. The lowest BCUT2D eigenvalue weighted by molar-refractivity contribution is -0.115. The minimum Gasteiger partial charge on any atom is -0.325 e. The van der Waals surface area contributed by atoms with Crippen molar-refractivity contribution in [1.82, 2.24) is 20.4 Å². The smallest absolute Gasteiger partial charge is 0.296 e. The molecule has 1 heterocycles. The average Bonchev–Trinajstić information content (AvgIpc) is 3.06. The number of fused-ring (bicyclic) bond motifs is 1. The van der Waals surface area contributed by atoms with Crippen molar-refractivity contribution in [3.05, 3.63) is 92.6 Å². The predicted molar refractivity (Wildman–Crippen MR) is 203 cm³/mol. The number of amides is 1. The molecule has 20 nitrogen and oxygen atoms in total. The van der Waals surface area contributed by atoms with Gasteiger partial charge >= 0.3 is 0 Å². The van der Waals surface area contributed by atoms with Crippen LogP contribution in [0.1, 0.15) is 0 Å². The van der Waals surface area contributed by atoms with E-state index in [9.17, 15) is 48.5 Å². The van der Waals surface area contributed by atoms with Gasteiger partial charge in [0, 0.05) is 22.8 Å². The molecule has 9 N–H and O–H groups in total. The van der Waals surface area contributed by atoms with E-state index in [-0.39, 0.29) is 50.7 Å². The first kappa shape index (κ1) is 40.6. The molecule has 0 radical (unpaired) electrons. The topological polar surface area (TPSA) is 320 Å². The van der Waals surface area contributed by atoms with Gasteiger partial charge < -0.3 is 21.4 Å². The first-order valence-electron chi connectivity index (χ1n) is 14.3. The van der Waals surface area contributed by atoms with Crippen molar-refractivity contribution in [2.45, 2.75) is 9.72 Å². The van der Waals surface area contributed by atoms with Crippen molar-refractivity contribution in [2.75, 3.05) is 26.7 Å². The van der Waals surface area contributed by atoms with Crippen molar-refractivity contribution in [3.63, 3.8) is 0 Å². The SMILES string of the molecule is N=C1C(S(=O)(=O)O)=CC2=CC(S(=O)(=O)O)=CC(=O)C2=C1NNc1ccc(Nc2nc(Cl)nc(Nc3cc(NC(=O)C(Br)CBr)ccc3S(=O)(=O)O)n2)cc1. The predicted octanol–water partition coefficient (Wildman–Crippen LogP) is 3.61. The third-order valence-corrected chi connectivity index (χ3v) is 12.0. The van der Waals surface area contributed by atoms with Gasteiger partial charge in [0.25, 0.3) is 30.4 Å². The Bertz CT molecular complexity index is 2580. The van der Waals surface area contributed by atoms with E-state index in [0.29, 0.717) is 11.8 Å². The number of allylic oxidation sites excluding steroid dienone is 6. The number of aromatic nitrogens is 3. The van der Waals surface area contributed by atoms with Crippen LogP contribution in [-0.2, 0) is 39.9 Å². The Labute approximate surface area is 327 Å². The molecule has 5 rings (SSSR count). The van der Waals surface area contributed by atoms with Crippen LogP contribution < -0.4 is 26.8 Å². The summed E-state index contributed by atoms with van der Waals surface area (Å²) in [6.07, 6.45) is 2.11. The van der Waals surface area contributed by atoms with Crippen molar-refractivity contribution in [1.29, 1.82) is 5.41 Å². The molecule has 0 bridgehead atoms. The number of alkyl halides is 2. The van der Waals surface area contributed by atoms with Gasteiger partial charge in [-0.3, -0.25) is 34.1 Å². The van der Waals surface area contributed by atoms with Gasteiger partial charge in [-0.15, -0.1) is 0 Å². The van der Waals surface area contributed by atoms with Crippen LogP contribution in [0.4, 0.5) is 34.6 Å². The maximum atomic E-state index is 12.9. The number of nitrogens with one attached hydrogen (secondary N) is 6. The highest BCUT2D eigenvalue weighted by Crippen LogP contribution is 2.34. The lowest BCUT2D eigenvalue weighted by Gasteiger charge is -2.25. The third kappa shape index (κ3) is 9.54. The molecule has 284 valence electrons. The number of nitrogens with zero attached hydrogens (tertiary/aromatic N) is 3. The fraction of sp³-hybridized carbons (Fsp3) is 0.0714. The first-order valence-corrected chi connectivity index (χ1v) is 21.1. The van der Waals surface area contributed by atoms with Crippen LogP contribution >= 0.6 is 43.5 Å². The van der Waals surface area contributed by atoms with Crippen LogP contribution in [0.2, 0.25) is 5.28 Å². The lowest BCUT2D eigenvalue weighted by Crippen LogP contribution is -2.34. The summed E-state index contributed by atoms with van der Waals surface area (Å²) in [5.41, 5.74) is 3.87. The molecule has 2 aliphatic carbocycles. The molecule has 2 aliphatic rings. The summed E-state index contributed by atoms with van der Waals surface area (Å²) in [5, 5.41) is 16.4. The van der Waals surface area contributed by atoms with E-state index in [1.165, 1.54) is 36.4 Å². The Hall–Kier alpha value is -4.60. The number of rotatable bonds is 13. The number of anilines is 6. The fourth-order valence-electron chi connectivity index (χ4n) is 4.64. The molecule has 26 heteroatoms. The maximum Gasteiger partial charge on any atom is 0.296 e. The largest absolute Gasteiger partial charge is 0.325 e. The molecule has 1 aromatic heterocycles. The van der Waals surface area contributed by atoms with Crippen LogP contribution in [-0.4, -0.2) is 81.4 Å². The van der Waals surface area contributed by atoms with Gasteiger partial charge in [0.15, 0.2) is 5.78 Å². The summed E-state index contributed by atoms with van der Waals surface area (Å²) >= 11 is 12.4. The molecular formula is C28H22Br2ClN9O11S3. The molecule has 0 saturated heterocycles. The number of hydrogen-bond donors (Lipinski definition) is 9. The van der Waals surface area contributed by atoms with E-state index in [4.69, 9.17) is 17.0 Å². The van der Waals surface area contributed by atoms with E-state index in [1.807, 2.05) is 0 Å². The van der Waals surface area contributed by atoms with Crippen LogP contribution in [0, 0.1) is 5.41 Å². The number of ketones is 1. The second-order valence-electron chi connectivity index (χ2n) is 10.7. The standard InChI is InChI=1S/C28H22Br2ClN9O11S3/c29-11-17(30)25(42)33-15-5-6-20(53(46,47)48)18(9-15)35-28-37-26(31)36-27(38-28)34-13-1-3-14(4-2-13)39-40-24-22-12(8-21(23(24)32)54(49,50)51)7-16(10-19(22)41)52(43,44)45/h1-10,17,32,39-40H,11H2,(H,33,42)(H,43,44,45)(H,46,47,48)(H,49,50,51)(H2,34,35,36,37,38). The molecule has 1 unspecified atom stereocenters. The highest BCUT2D eigenvalue weighted by atomic mass is 79.9. The van der Waals surface area contributed by atoms with Crippen molar-refractivity contribution in [2.24, 2.45) is 0 Å². The average molecular weight is 952 g/mol. The van der Waals surface area contributed by atoms with Crippen molar-refractivity contribution in [3.8, 4) is 0 Å². The Morgan fingerprint density at radius 3 is 2.02 bits per heavy atom. The Morgan fingerprint density at radius 2 is 1.43 bits per heavy atom. The zero-order valence-electron chi connectivity index (χ0n) is 26.4. The number of hydrazine groups is 1. The van der Waals surface area contributed by atoms with Crippen molar-refractivity contribution < 1.29 is 48.5 Å². The molecule has 0 aliphatic heterocycles. The molecule has 0 fully saturated rings. The van der Waals surface area contributed by atoms with Gasteiger partial charge in [-0.25, -0.2) is 0 Å². The lowest BCUT2D eigenvalue weighted by atomic mass is 9.89. The van der Waals surface area contributed by atoms with Crippen molar-refractivity contribution >= 4 is 126 Å². The van der Waals surface area contributed by atoms with Crippen LogP contribution in [0.5, 0.6) is 0 Å². The highest BCUT2D eigenvalue weighted by molar-refractivity contribution is 9.12. The first-order chi connectivity index (χ1) is 25.1. The number of benzene rings is 2. The van der Waals surface area contributed by atoms with Crippen LogP contribution in [0.3, 0.4) is 0 Å². The Balaban J connectivity index is 1.35. The van der Waals surface area contributed by atoms with Gasteiger partial charge in [0.1, 0.15) is 20.3 Å². The number of halogens is 3. The Morgan fingerprint density at radius 1 is 0.815 bits per heavy atom. The Kier molecular flexibility index (Phi) is 11.7. The molecule has 1 amide bonds. The monoisotopic (exact) mass is 949 g/mol. The van der Waals surface area contributed by atoms with Crippen LogP contribution in [0.15, 0.2) is 92.2 Å². The normalized spacial score (nSPS) is 15.3. The summed E-state index contributed by atoms with van der Waals surface area (Å²) < 4.78 is 100. The fourth-order valence-corrected chi connectivity index (χ4v) is 7.00. The second kappa shape index (κ2) is 15.6. The minimum absolute atomic E-state index is 0.131. The van der Waals surface area contributed by atoms with Gasteiger partial charge in [-0.05, 0) is 71.8 Å². The molecule has 0 saturated carbocycles. The van der Waals surface area contributed by atoms with E-state index in [2.05, 4.69) is 73.6 Å². The molecule has 54 heavy (non-hydrogen) atoms. The molecular weight excluding hydrogens is 930 g/mol. The summed E-state index contributed by atoms with van der Waals surface area (Å²) in [5.74, 6) is -1.83. The summed E-state index contributed by atoms with van der Waals surface area (Å²) in [7, 11) is -14.7. The van der Waals surface area contributed by atoms with Crippen LogP contribution in [0.25, 0.3) is 0 Å². The molecule has 0 spiro atoms. The number of hydrogen-bond acceptors (Lipinski definition) is 16. The third-order valence-electron chi connectivity index (χ3n) is 6.99. The number of carbonyl (C=O) groups excluding carboxylic acids is 2. The summed E-state index contributed by atoms with van der Waals surface area (Å²) in [6, 6.07) is 9.45. The molecule has 1 atom stereocenters. The van der Waals surface area contributed by atoms with E-state index in [0.717, 1.165) is 18.2 Å². The molecule has 2 aromatic carbocycles. The van der Waals surface area contributed by atoms with Gasteiger partial charge in [-0.1, -0.05) is 31.9 Å². The highest BCUT2D eigenvalue weighted by Gasteiger charge is 2.35. The van der Waals surface area contributed by atoms with E-state index in [1.54, 1.807) is 0 Å². The van der Waals surface area contributed by atoms with Gasteiger partial charge in [-0.2, -0.15) is 40.2 Å². The van der Waals surface area contributed by atoms with E-state index >= 15 is 0 Å².